The van der Waals surface area contributed by atoms with Crippen LogP contribution in [-0.2, 0) is 0 Å². The van der Waals surface area contributed by atoms with Crippen molar-refractivity contribution in [2.24, 2.45) is 0 Å². The van der Waals surface area contributed by atoms with E-state index in [-0.39, 0.29) is 6.61 Å². The smallest absolute Gasteiger partial charge is 0.150 e. The van der Waals surface area contributed by atoms with Gasteiger partial charge in [-0.3, -0.25) is 4.79 Å². The van der Waals surface area contributed by atoms with Crippen LogP contribution in [-0.4, -0.2) is 30.6 Å². The zero-order valence-electron chi connectivity index (χ0n) is 9.70. The number of aliphatic hydroxyl groups excluding tert-OH is 1. The normalized spacial score (nSPS) is 11.3. The zero-order chi connectivity index (χ0) is 12.3. The Kier molecular flexibility index (Phi) is 3.65. The van der Waals surface area contributed by atoms with Crippen LogP contribution in [0.15, 0.2) is 18.2 Å². The number of rotatable bonds is 4. The third-order valence-corrected chi connectivity index (χ3v) is 2.76. The van der Waals surface area contributed by atoms with Gasteiger partial charge in [0, 0.05) is 12.6 Å². The molecule has 16 heavy (non-hydrogen) atoms. The van der Waals surface area contributed by atoms with Crippen LogP contribution in [0.3, 0.4) is 0 Å². The summed E-state index contributed by atoms with van der Waals surface area (Å²) in [6.45, 7) is 3.53. The first-order valence-corrected chi connectivity index (χ1v) is 5.02. The van der Waals surface area contributed by atoms with Crippen molar-refractivity contribution in [1.29, 1.82) is 0 Å². The van der Waals surface area contributed by atoms with Gasteiger partial charge in [-0.15, -0.1) is 0 Å². The van der Waals surface area contributed by atoms with Gasteiger partial charge in [0.25, 0.3) is 0 Å². The molecule has 0 atom stereocenters. The zero-order valence-corrected chi connectivity index (χ0v) is 9.70. The Morgan fingerprint density at radius 2 is 2.12 bits per heavy atom. The van der Waals surface area contributed by atoms with Crippen molar-refractivity contribution in [1.82, 2.24) is 0 Å². The van der Waals surface area contributed by atoms with E-state index in [1.54, 1.807) is 31.9 Å². The van der Waals surface area contributed by atoms with Crippen molar-refractivity contribution < 1.29 is 14.3 Å². The first-order valence-electron chi connectivity index (χ1n) is 5.02. The minimum Gasteiger partial charge on any atom is -0.394 e. The molecular weight excluding hydrogens is 209 g/mol. The van der Waals surface area contributed by atoms with Crippen molar-refractivity contribution >= 4 is 12.0 Å². The maximum atomic E-state index is 13.7. The van der Waals surface area contributed by atoms with Crippen LogP contribution in [0, 0.1) is 5.82 Å². The Morgan fingerprint density at radius 1 is 1.50 bits per heavy atom. The fourth-order valence-corrected chi connectivity index (χ4v) is 1.30. The second kappa shape index (κ2) is 4.61. The summed E-state index contributed by atoms with van der Waals surface area (Å²) in [6, 6.07) is 4.28. The quantitative estimate of drug-likeness (QED) is 0.795. The summed E-state index contributed by atoms with van der Waals surface area (Å²) in [4.78, 5) is 12.1. The molecule has 0 unspecified atom stereocenters. The van der Waals surface area contributed by atoms with Gasteiger partial charge < -0.3 is 10.0 Å². The average Bonchev–Trinajstić information content (AvgIpc) is 2.28. The molecular formula is C12H16FNO2. The molecule has 0 saturated carbocycles. The molecule has 4 heteroatoms. The summed E-state index contributed by atoms with van der Waals surface area (Å²) < 4.78 is 13.7. The first kappa shape index (κ1) is 12.6. The van der Waals surface area contributed by atoms with Crippen molar-refractivity contribution in [3.63, 3.8) is 0 Å². The van der Waals surface area contributed by atoms with Gasteiger partial charge in [-0.1, -0.05) is 0 Å². The van der Waals surface area contributed by atoms with Gasteiger partial charge in [-0.05, 0) is 32.0 Å². The maximum Gasteiger partial charge on any atom is 0.150 e. The number of likely N-dealkylation sites (N-methyl/N-ethyl adjacent to an activating group) is 1. The summed E-state index contributed by atoms with van der Waals surface area (Å²) >= 11 is 0. The molecule has 0 aliphatic carbocycles. The molecule has 1 N–H and O–H groups in total. The lowest BCUT2D eigenvalue weighted by molar-refractivity contribution is 0.112. The van der Waals surface area contributed by atoms with Gasteiger partial charge in [0.2, 0.25) is 0 Å². The Bertz CT molecular complexity index is 391. The number of anilines is 1. The molecule has 0 saturated heterocycles. The Labute approximate surface area is 94.5 Å². The summed E-state index contributed by atoms with van der Waals surface area (Å²) in [6.07, 6.45) is 0.601. The van der Waals surface area contributed by atoms with Crippen molar-refractivity contribution in [3.05, 3.63) is 29.6 Å². The SMILES string of the molecule is CN(c1ccc(C=O)cc1F)C(C)(C)CO. The Balaban J connectivity index is 3.09. The monoisotopic (exact) mass is 225 g/mol. The topological polar surface area (TPSA) is 40.5 Å². The van der Waals surface area contributed by atoms with E-state index in [2.05, 4.69) is 0 Å². The number of hydrogen-bond acceptors (Lipinski definition) is 3. The minimum atomic E-state index is -0.552. The van der Waals surface area contributed by atoms with Gasteiger partial charge in [-0.25, -0.2) is 4.39 Å². The standard InChI is InChI=1S/C12H16FNO2/c1-12(2,8-16)14(3)11-5-4-9(7-15)6-10(11)13/h4-7,16H,8H2,1-3H3. The van der Waals surface area contributed by atoms with E-state index in [4.69, 9.17) is 0 Å². The third kappa shape index (κ3) is 2.39. The number of aliphatic hydroxyl groups is 1. The predicted molar refractivity (Wildman–Crippen MR) is 61.4 cm³/mol. The van der Waals surface area contributed by atoms with Crippen molar-refractivity contribution in [3.8, 4) is 0 Å². The minimum absolute atomic E-state index is 0.0849. The molecule has 0 spiro atoms. The van der Waals surface area contributed by atoms with E-state index in [9.17, 15) is 14.3 Å². The number of halogens is 1. The van der Waals surface area contributed by atoms with Crippen LogP contribution in [0.5, 0.6) is 0 Å². The lowest BCUT2D eigenvalue weighted by Crippen LogP contribution is -2.44. The molecule has 1 aromatic carbocycles. The Morgan fingerprint density at radius 3 is 2.56 bits per heavy atom. The molecule has 0 amide bonds. The second-order valence-electron chi connectivity index (χ2n) is 4.36. The fourth-order valence-electron chi connectivity index (χ4n) is 1.30. The van der Waals surface area contributed by atoms with Crippen LogP contribution < -0.4 is 4.90 Å². The van der Waals surface area contributed by atoms with Crippen LogP contribution >= 0.6 is 0 Å². The van der Waals surface area contributed by atoms with Gasteiger partial charge in [0.1, 0.15) is 12.1 Å². The van der Waals surface area contributed by atoms with Crippen LogP contribution in [0.4, 0.5) is 10.1 Å². The number of aldehydes is 1. The van der Waals surface area contributed by atoms with E-state index >= 15 is 0 Å². The number of carbonyl (C=O) groups excluding carboxylic acids is 1. The third-order valence-electron chi connectivity index (χ3n) is 2.76. The second-order valence-corrected chi connectivity index (χ2v) is 4.36. The highest BCUT2D eigenvalue weighted by Crippen LogP contribution is 2.25. The number of carbonyl (C=O) groups is 1. The van der Waals surface area contributed by atoms with Crippen LogP contribution in [0.1, 0.15) is 24.2 Å². The molecule has 0 heterocycles. The molecule has 0 aliphatic rings. The van der Waals surface area contributed by atoms with Crippen LogP contribution in [0.2, 0.25) is 0 Å². The molecule has 0 bridgehead atoms. The number of benzene rings is 1. The van der Waals surface area contributed by atoms with E-state index in [1.165, 1.54) is 12.1 Å². The summed E-state index contributed by atoms with van der Waals surface area (Å²) in [5, 5.41) is 9.20. The van der Waals surface area contributed by atoms with E-state index in [0.29, 0.717) is 17.5 Å². The van der Waals surface area contributed by atoms with Crippen molar-refractivity contribution in [2.45, 2.75) is 19.4 Å². The molecule has 1 aromatic rings. The van der Waals surface area contributed by atoms with Gasteiger partial charge in [-0.2, -0.15) is 0 Å². The average molecular weight is 225 g/mol. The van der Waals surface area contributed by atoms with Crippen LogP contribution in [0.25, 0.3) is 0 Å². The Hall–Kier alpha value is -1.42. The van der Waals surface area contributed by atoms with Crippen molar-refractivity contribution in [2.75, 3.05) is 18.6 Å². The highest BCUT2D eigenvalue weighted by Gasteiger charge is 2.24. The molecule has 0 aliphatic heterocycles. The molecule has 3 nitrogen and oxygen atoms in total. The summed E-state index contributed by atoms with van der Waals surface area (Å²) in [7, 11) is 1.70. The van der Waals surface area contributed by atoms with Gasteiger partial charge in [0.15, 0.2) is 0 Å². The number of hydrogen-bond donors (Lipinski definition) is 1. The highest BCUT2D eigenvalue weighted by atomic mass is 19.1. The first-order chi connectivity index (χ1) is 7.42. The lowest BCUT2D eigenvalue weighted by Gasteiger charge is -2.36. The van der Waals surface area contributed by atoms with Gasteiger partial charge in [0.05, 0.1) is 17.8 Å². The van der Waals surface area contributed by atoms with Gasteiger partial charge >= 0.3 is 0 Å². The predicted octanol–water partition coefficient (Wildman–Crippen LogP) is 1.85. The lowest BCUT2D eigenvalue weighted by atomic mass is 10.0. The van der Waals surface area contributed by atoms with E-state index < -0.39 is 11.4 Å². The molecule has 0 fully saturated rings. The number of nitrogens with zero attached hydrogens (tertiary/aromatic N) is 1. The van der Waals surface area contributed by atoms with E-state index in [1.807, 2.05) is 0 Å². The summed E-state index contributed by atoms with van der Waals surface area (Å²) in [5.41, 5.74) is 0.116. The largest absolute Gasteiger partial charge is 0.394 e. The molecule has 88 valence electrons. The molecule has 0 radical (unpaired) electrons. The highest BCUT2D eigenvalue weighted by molar-refractivity contribution is 5.76. The molecule has 1 rings (SSSR count). The summed E-state index contributed by atoms with van der Waals surface area (Å²) in [5.74, 6) is -0.464. The maximum absolute atomic E-state index is 13.7. The molecule has 0 aromatic heterocycles. The van der Waals surface area contributed by atoms with E-state index in [0.717, 1.165) is 0 Å². The fraction of sp³-hybridized carbons (Fsp3) is 0.417.